The third-order valence-corrected chi connectivity index (χ3v) is 3.46. The predicted octanol–water partition coefficient (Wildman–Crippen LogP) is 4.15. The van der Waals surface area contributed by atoms with Gasteiger partial charge >= 0.3 is 6.18 Å². The molecule has 0 fully saturated rings. The van der Waals surface area contributed by atoms with Gasteiger partial charge in [0.05, 0.1) is 5.56 Å². The molecule has 0 aliphatic heterocycles. The van der Waals surface area contributed by atoms with Gasteiger partial charge in [-0.05, 0) is 61.4 Å². The van der Waals surface area contributed by atoms with Crippen LogP contribution in [0.1, 0.15) is 27.0 Å². The molecule has 0 radical (unpaired) electrons. The molecule has 0 heterocycles. The maximum absolute atomic E-state index is 12.5. The van der Waals surface area contributed by atoms with E-state index < -0.39 is 17.6 Å². The Hall–Kier alpha value is -2.83. The standard InChI is InChI=1S/C18H16F3NO3/c1-11-7-13(9-23)8-12(2)17(11)25-10-16(24)22-15-5-3-14(4-6-15)18(19,20)21/h3-9H,10H2,1-2H3,(H,22,24). The van der Waals surface area contributed by atoms with E-state index in [9.17, 15) is 22.8 Å². The Labute approximate surface area is 142 Å². The van der Waals surface area contributed by atoms with Crippen LogP contribution in [-0.4, -0.2) is 18.8 Å². The van der Waals surface area contributed by atoms with Crippen molar-refractivity contribution < 1.29 is 27.5 Å². The number of ether oxygens (including phenoxy) is 1. The Morgan fingerprint density at radius 3 is 2.16 bits per heavy atom. The molecule has 0 unspecified atom stereocenters. The van der Waals surface area contributed by atoms with Crippen LogP contribution < -0.4 is 10.1 Å². The number of aldehydes is 1. The lowest BCUT2D eigenvalue weighted by Crippen LogP contribution is -2.20. The molecule has 25 heavy (non-hydrogen) atoms. The molecule has 0 aliphatic rings. The number of hydrogen-bond donors (Lipinski definition) is 1. The number of anilines is 1. The van der Waals surface area contributed by atoms with Crippen molar-refractivity contribution in [2.24, 2.45) is 0 Å². The van der Waals surface area contributed by atoms with Crippen LogP contribution in [0.2, 0.25) is 0 Å². The molecule has 0 atom stereocenters. The second-order valence-electron chi connectivity index (χ2n) is 5.51. The second-order valence-corrected chi connectivity index (χ2v) is 5.51. The number of carbonyl (C=O) groups excluding carboxylic acids is 2. The van der Waals surface area contributed by atoms with Gasteiger partial charge < -0.3 is 10.1 Å². The van der Waals surface area contributed by atoms with Crippen LogP contribution in [0.4, 0.5) is 18.9 Å². The van der Waals surface area contributed by atoms with E-state index in [1.165, 1.54) is 12.1 Å². The largest absolute Gasteiger partial charge is 0.483 e. The molecule has 0 spiro atoms. The minimum Gasteiger partial charge on any atom is -0.483 e. The topological polar surface area (TPSA) is 55.4 Å². The summed E-state index contributed by atoms with van der Waals surface area (Å²) in [5.41, 5.74) is 1.39. The second kappa shape index (κ2) is 7.38. The normalized spacial score (nSPS) is 11.1. The first-order valence-corrected chi connectivity index (χ1v) is 7.37. The van der Waals surface area contributed by atoms with Crippen LogP contribution >= 0.6 is 0 Å². The summed E-state index contributed by atoms with van der Waals surface area (Å²) in [5, 5.41) is 2.46. The quantitative estimate of drug-likeness (QED) is 0.823. The summed E-state index contributed by atoms with van der Waals surface area (Å²) in [4.78, 5) is 22.7. The lowest BCUT2D eigenvalue weighted by atomic mass is 10.1. The molecule has 1 amide bonds. The third-order valence-electron chi connectivity index (χ3n) is 3.46. The molecular formula is C18H16F3NO3. The molecule has 2 aromatic carbocycles. The number of alkyl halides is 3. The smallest absolute Gasteiger partial charge is 0.416 e. The highest BCUT2D eigenvalue weighted by molar-refractivity contribution is 5.91. The number of halogens is 3. The maximum atomic E-state index is 12.5. The number of nitrogens with one attached hydrogen (secondary N) is 1. The van der Waals surface area contributed by atoms with Gasteiger partial charge in [-0.25, -0.2) is 0 Å². The molecule has 1 N–H and O–H groups in total. The van der Waals surface area contributed by atoms with Crippen molar-refractivity contribution in [1.29, 1.82) is 0 Å². The van der Waals surface area contributed by atoms with Gasteiger partial charge in [0.1, 0.15) is 12.0 Å². The minimum atomic E-state index is -4.42. The monoisotopic (exact) mass is 351 g/mol. The van der Waals surface area contributed by atoms with E-state index in [4.69, 9.17) is 4.74 Å². The fourth-order valence-corrected chi connectivity index (χ4v) is 2.36. The van der Waals surface area contributed by atoms with Crippen molar-refractivity contribution >= 4 is 17.9 Å². The van der Waals surface area contributed by atoms with Gasteiger partial charge in [-0.2, -0.15) is 13.2 Å². The lowest BCUT2D eigenvalue weighted by molar-refractivity contribution is -0.137. The van der Waals surface area contributed by atoms with Crippen LogP contribution in [0, 0.1) is 13.8 Å². The number of amides is 1. The summed E-state index contributed by atoms with van der Waals surface area (Å²) in [6.07, 6.45) is -3.70. The van der Waals surface area contributed by atoms with Gasteiger partial charge in [-0.15, -0.1) is 0 Å². The van der Waals surface area contributed by atoms with Gasteiger partial charge in [0, 0.05) is 11.3 Å². The first-order chi connectivity index (χ1) is 11.7. The van der Waals surface area contributed by atoms with Gasteiger partial charge in [0.2, 0.25) is 0 Å². The van der Waals surface area contributed by atoms with Gasteiger partial charge in [0.25, 0.3) is 5.91 Å². The molecular weight excluding hydrogens is 335 g/mol. The van der Waals surface area contributed by atoms with Gasteiger partial charge in [-0.3, -0.25) is 9.59 Å². The SMILES string of the molecule is Cc1cc(C=O)cc(C)c1OCC(=O)Nc1ccc(C(F)(F)F)cc1. The minimum absolute atomic E-state index is 0.242. The number of carbonyl (C=O) groups is 2. The zero-order chi connectivity index (χ0) is 18.6. The Bertz CT molecular complexity index is 760. The highest BCUT2D eigenvalue weighted by Crippen LogP contribution is 2.30. The zero-order valence-corrected chi connectivity index (χ0v) is 13.6. The predicted molar refractivity (Wildman–Crippen MR) is 86.9 cm³/mol. The molecule has 132 valence electrons. The first kappa shape index (κ1) is 18.5. The first-order valence-electron chi connectivity index (χ1n) is 7.37. The van der Waals surface area contributed by atoms with Crippen molar-refractivity contribution in [2.75, 3.05) is 11.9 Å². The summed E-state index contributed by atoms with van der Waals surface area (Å²) in [5.74, 6) is -0.00816. The zero-order valence-electron chi connectivity index (χ0n) is 13.6. The Balaban J connectivity index is 1.98. The molecule has 0 aromatic heterocycles. The van der Waals surface area contributed by atoms with E-state index in [1.807, 2.05) is 0 Å². The molecule has 0 bridgehead atoms. The van der Waals surface area contributed by atoms with E-state index in [0.29, 0.717) is 22.4 Å². The highest BCUT2D eigenvalue weighted by atomic mass is 19.4. The van der Waals surface area contributed by atoms with E-state index >= 15 is 0 Å². The van der Waals surface area contributed by atoms with Gasteiger partial charge in [0.15, 0.2) is 6.61 Å². The molecule has 0 saturated carbocycles. The Morgan fingerprint density at radius 2 is 1.68 bits per heavy atom. The fourth-order valence-electron chi connectivity index (χ4n) is 2.36. The molecule has 2 aromatic rings. The van der Waals surface area contributed by atoms with Crippen molar-refractivity contribution in [3.8, 4) is 5.75 Å². The van der Waals surface area contributed by atoms with Gasteiger partial charge in [-0.1, -0.05) is 0 Å². The average Bonchev–Trinajstić information content (AvgIpc) is 2.53. The third kappa shape index (κ3) is 4.82. The van der Waals surface area contributed by atoms with Crippen molar-refractivity contribution in [3.63, 3.8) is 0 Å². The highest BCUT2D eigenvalue weighted by Gasteiger charge is 2.29. The summed E-state index contributed by atoms with van der Waals surface area (Å²) in [6.45, 7) is 3.20. The molecule has 7 heteroatoms. The van der Waals surface area contributed by atoms with Crippen molar-refractivity contribution in [1.82, 2.24) is 0 Å². The van der Waals surface area contributed by atoms with E-state index in [1.54, 1.807) is 26.0 Å². The van der Waals surface area contributed by atoms with E-state index in [0.717, 1.165) is 18.4 Å². The van der Waals surface area contributed by atoms with Crippen LogP contribution in [0.5, 0.6) is 5.75 Å². The molecule has 2 rings (SSSR count). The lowest BCUT2D eigenvalue weighted by Gasteiger charge is -2.13. The number of benzene rings is 2. The van der Waals surface area contributed by atoms with Crippen LogP contribution in [0.15, 0.2) is 36.4 Å². The number of hydrogen-bond acceptors (Lipinski definition) is 3. The Kier molecular flexibility index (Phi) is 5.46. The van der Waals surface area contributed by atoms with Crippen LogP contribution in [0.25, 0.3) is 0 Å². The van der Waals surface area contributed by atoms with Crippen LogP contribution in [-0.2, 0) is 11.0 Å². The summed E-state index contributed by atoms with van der Waals surface area (Å²) in [7, 11) is 0. The Morgan fingerprint density at radius 1 is 1.12 bits per heavy atom. The molecule has 0 aliphatic carbocycles. The molecule has 4 nitrogen and oxygen atoms in total. The van der Waals surface area contributed by atoms with Crippen LogP contribution in [0.3, 0.4) is 0 Å². The van der Waals surface area contributed by atoms with Crippen molar-refractivity contribution in [3.05, 3.63) is 58.7 Å². The maximum Gasteiger partial charge on any atom is 0.416 e. The average molecular weight is 351 g/mol. The van der Waals surface area contributed by atoms with Crippen molar-refractivity contribution in [2.45, 2.75) is 20.0 Å². The number of rotatable bonds is 5. The van der Waals surface area contributed by atoms with E-state index in [2.05, 4.69) is 5.32 Å². The molecule has 0 saturated heterocycles. The summed E-state index contributed by atoms with van der Waals surface area (Å²) in [6, 6.07) is 7.42. The summed E-state index contributed by atoms with van der Waals surface area (Å²) >= 11 is 0. The van der Waals surface area contributed by atoms with E-state index in [-0.39, 0.29) is 12.3 Å². The summed E-state index contributed by atoms with van der Waals surface area (Å²) < 4.78 is 42.9. The number of aryl methyl sites for hydroxylation is 2. The fraction of sp³-hybridized carbons (Fsp3) is 0.222.